The fourth-order valence-corrected chi connectivity index (χ4v) is 5.03. The summed E-state index contributed by atoms with van der Waals surface area (Å²) in [4.78, 5) is 29.7. The van der Waals surface area contributed by atoms with E-state index in [-0.39, 0.29) is 42.4 Å². The number of nitrogens with zero attached hydrogens (tertiary/aromatic N) is 2. The van der Waals surface area contributed by atoms with Gasteiger partial charge in [-0.1, -0.05) is 37.6 Å². The molecule has 8 heteroatoms. The van der Waals surface area contributed by atoms with E-state index in [1.807, 2.05) is 26.0 Å². The third kappa shape index (κ3) is 4.32. The van der Waals surface area contributed by atoms with Crippen molar-refractivity contribution < 1.29 is 19.1 Å². The van der Waals surface area contributed by atoms with Crippen molar-refractivity contribution >= 4 is 29.2 Å². The summed E-state index contributed by atoms with van der Waals surface area (Å²) in [5, 5.41) is 13.0. The van der Waals surface area contributed by atoms with Gasteiger partial charge in [0.1, 0.15) is 5.82 Å². The fraction of sp³-hybridized carbons (Fsp3) is 0.440. The molecule has 2 aromatic carbocycles. The summed E-state index contributed by atoms with van der Waals surface area (Å²) in [5.74, 6) is -0.252. The summed E-state index contributed by atoms with van der Waals surface area (Å²) in [6.45, 7) is 4.65. The lowest BCUT2D eigenvalue weighted by Gasteiger charge is -2.59. The lowest BCUT2D eigenvalue weighted by atomic mass is 9.62. The zero-order chi connectivity index (χ0) is 23.8. The first-order chi connectivity index (χ1) is 15.8. The predicted molar refractivity (Wildman–Crippen MR) is 126 cm³/mol. The highest BCUT2D eigenvalue weighted by molar-refractivity contribution is 6.30. The minimum atomic E-state index is -0.632. The number of rotatable bonds is 5. The molecule has 0 saturated carbocycles. The number of carbonyl (C=O) groups is 2. The number of piperidine rings is 1. The number of carbonyl (C=O) groups excluding carboxylic acids is 2. The summed E-state index contributed by atoms with van der Waals surface area (Å²) in [6.07, 6.45) is 1.05. The molecule has 2 N–H and O–H groups in total. The Balaban J connectivity index is 1.56. The SMILES string of the molecule is CC(C)[C@@H](CO)NC(=O)N1CCC2(CC1)C(=O)N(c1ccc(F)cc1)C2c1ccc(Cl)cc1. The molecule has 1 spiro atoms. The second-order valence-electron chi connectivity index (χ2n) is 9.23. The number of benzene rings is 2. The van der Waals surface area contributed by atoms with Crippen molar-refractivity contribution in [1.29, 1.82) is 0 Å². The average Bonchev–Trinajstić information content (AvgIpc) is 2.82. The van der Waals surface area contributed by atoms with Crippen LogP contribution in [-0.2, 0) is 4.79 Å². The van der Waals surface area contributed by atoms with E-state index in [2.05, 4.69) is 5.32 Å². The summed E-state index contributed by atoms with van der Waals surface area (Å²) in [7, 11) is 0. The first-order valence-electron chi connectivity index (χ1n) is 11.3. The van der Waals surface area contributed by atoms with Gasteiger partial charge < -0.3 is 20.2 Å². The number of aliphatic hydroxyl groups excluding tert-OH is 1. The normalized spacial score (nSPS) is 20.7. The van der Waals surface area contributed by atoms with Crippen molar-refractivity contribution in [2.45, 2.75) is 38.8 Å². The van der Waals surface area contributed by atoms with Crippen LogP contribution in [0, 0.1) is 17.2 Å². The van der Waals surface area contributed by atoms with Gasteiger partial charge in [-0.2, -0.15) is 0 Å². The van der Waals surface area contributed by atoms with Crippen LogP contribution in [0.2, 0.25) is 5.02 Å². The van der Waals surface area contributed by atoms with Crippen molar-refractivity contribution in [3.05, 3.63) is 64.9 Å². The minimum absolute atomic E-state index is 0.00969. The topological polar surface area (TPSA) is 72.9 Å². The van der Waals surface area contributed by atoms with Crippen LogP contribution in [0.15, 0.2) is 48.5 Å². The van der Waals surface area contributed by atoms with Gasteiger partial charge in [0.25, 0.3) is 0 Å². The van der Waals surface area contributed by atoms with Crippen molar-refractivity contribution in [1.82, 2.24) is 10.2 Å². The molecule has 2 saturated heterocycles. The first kappa shape index (κ1) is 23.5. The van der Waals surface area contributed by atoms with Gasteiger partial charge in [0.2, 0.25) is 5.91 Å². The Hall–Kier alpha value is -2.64. The number of likely N-dealkylation sites (tertiary alicyclic amines) is 1. The quantitative estimate of drug-likeness (QED) is 0.633. The number of amides is 3. The summed E-state index contributed by atoms with van der Waals surface area (Å²) >= 11 is 6.09. The van der Waals surface area contributed by atoms with Crippen LogP contribution in [0.5, 0.6) is 0 Å². The van der Waals surface area contributed by atoms with E-state index in [0.717, 1.165) is 5.56 Å². The van der Waals surface area contributed by atoms with Crippen molar-refractivity contribution in [2.75, 3.05) is 24.6 Å². The molecule has 2 heterocycles. The van der Waals surface area contributed by atoms with Gasteiger partial charge in [-0.3, -0.25) is 4.79 Å². The molecule has 0 aromatic heterocycles. The van der Waals surface area contributed by atoms with E-state index in [4.69, 9.17) is 11.6 Å². The lowest BCUT2D eigenvalue weighted by molar-refractivity contribution is -0.144. The highest BCUT2D eigenvalue weighted by Crippen LogP contribution is 2.57. The molecule has 176 valence electrons. The molecule has 6 nitrogen and oxygen atoms in total. The average molecular weight is 474 g/mol. The molecule has 33 heavy (non-hydrogen) atoms. The van der Waals surface area contributed by atoms with Gasteiger partial charge in [0.15, 0.2) is 0 Å². The van der Waals surface area contributed by atoms with Crippen LogP contribution < -0.4 is 10.2 Å². The molecular formula is C25H29ClFN3O3. The molecule has 2 aliphatic rings. The molecule has 1 unspecified atom stereocenters. The van der Waals surface area contributed by atoms with Gasteiger partial charge in [0.05, 0.1) is 24.1 Å². The van der Waals surface area contributed by atoms with Crippen molar-refractivity contribution in [3.63, 3.8) is 0 Å². The van der Waals surface area contributed by atoms with Gasteiger partial charge in [-0.15, -0.1) is 0 Å². The molecule has 4 rings (SSSR count). The maximum Gasteiger partial charge on any atom is 0.317 e. The standard InChI is InChI=1S/C25H29ClFN3O3/c1-16(2)21(15-31)28-24(33)29-13-11-25(12-14-29)22(17-3-5-18(26)6-4-17)30(23(25)32)20-9-7-19(27)8-10-20/h3-10,16,21-22,31H,11-15H2,1-2H3,(H,28,33)/t21-,22?/m1/s1. The summed E-state index contributed by atoms with van der Waals surface area (Å²) in [6, 6.07) is 12.6. The largest absolute Gasteiger partial charge is 0.394 e. The first-order valence-corrected chi connectivity index (χ1v) is 11.7. The zero-order valence-electron chi connectivity index (χ0n) is 18.8. The Morgan fingerprint density at radius 3 is 2.30 bits per heavy atom. The monoisotopic (exact) mass is 473 g/mol. The smallest absolute Gasteiger partial charge is 0.317 e. The molecule has 0 bridgehead atoms. The Bertz CT molecular complexity index is 1000. The molecule has 0 aliphatic carbocycles. The van der Waals surface area contributed by atoms with Crippen molar-refractivity contribution in [3.8, 4) is 0 Å². The number of aliphatic hydroxyl groups is 1. The molecule has 2 atom stereocenters. The third-order valence-electron chi connectivity index (χ3n) is 6.97. The Labute approximate surface area is 198 Å². The Kier molecular flexibility index (Phi) is 6.64. The number of β-lactam (4-membered cyclic amide) rings is 1. The minimum Gasteiger partial charge on any atom is -0.394 e. The molecule has 0 radical (unpaired) electrons. The van der Waals surface area contributed by atoms with Gasteiger partial charge in [0, 0.05) is 23.8 Å². The zero-order valence-corrected chi connectivity index (χ0v) is 19.6. The van der Waals surface area contributed by atoms with Crippen LogP contribution in [0.4, 0.5) is 14.9 Å². The number of hydrogen-bond acceptors (Lipinski definition) is 3. The van der Waals surface area contributed by atoms with Crippen LogP contribution in [0.25, 0.3) is 0 Å². The summed E-state index contributed by atoms with van der Waals surface area (Å²) in [5.41, 5.74) is 0.976. The molecule has 2 aliphatic heterocycles. The van der Waals surface area contributed by atoms with E-state index < -0.39 is 5.41 Å². The second kappa shape index (κ2) is 9.31. The molecular weight excluding hydrogens is 445 g/mol. The number of urea groups is 1. The van der Waals surface area contributed by atoms with E-state index in [1.54, 1.807) is 34.1 Å². The van der Waals surface area contributed by atoms with Crippen LogP contribution in [-0.4, -0.2) is 47.7 Å². The molecule has 2 aromatic rings. The summed E-state index contributed by atoms with van der Waals surface area (Å²) < 4.78 is 13.5. The second-order valence-corrected chi connectivity index (χ2v) is 9.67. The van der Waals surface area contributed by atoms with Gasteiger partial charge >= 0.3 is 6.03 Å². The number of hydrogen-bond donors (Lipinski definition) is 2. The molecule has 2 fully saturated rings. The Morgan fingerprint density at radius 2 is 1.76 bits per heavy atom. The predicted octanol–water partition coefficient (Wildman–Crippen LogP) is 4.38. The number of halogens is 2. The van der Waals surface area contributed by atoms with E-state index in [9.17, 15) is 19.1 Å². The molecule has 3 amide bonds. The van der Waals surface area contributed by atoms with E-state index in [1.165, 1.54) is 12.1 Å². The Morgan fingerprint density at radius 1 is 1.15 bits per heavy atom. The third-order valence-corrected chi connectivity index (χ3v) is 7.22. The number of anilines is 1. The van der Waals surface area contributed by atoms with Crippen molar-refractivity contribution in [2.24, 2.45) is 11.3 Å². The maximum absolute atomic E-state index is 13.5. The lowest BCUT2D eigenvalue weighted by Crippen LogP contribution is -2.67. The highest BCUT2D eigenvalue weighted by atomic mass is 35.5. The number of nitrogens with one attached hydrogen (secondary N) is 1. The highest BCUT2D eigenvalue weighted by Gasteiger charge is 2.62. The fourth-order valence-electron chi connectivity index (χ4n) is 4.91. The van der Waals surface area contributed by atoms with Gasteiger partial charge in [-0.05, 0) is 60.7 Å². The van der Waals surface area contributed by atoms with Crippen LogP contribution >= 0.6 is 11.6 Å². The van der Waals surface area contributed by atoms with Crippen LogP contribution in [0.3, 0.4) is 0 Å². The van der Waals surface area contributed by atoms with Gasteiger partial charge in [-0.25, -0.2) is 9.18 Å². The van der Waals surface area contributed by atoms with E-state index in [0.29, 0.717) is 36.6 Å². The van der Waals surface area contributed by atoms with E-state index >= 15 is 0 Å². The maximum atomic E-state index is 13.5. The van der Waals surface area contributed by atoms with Crippen LogP contribution in [0.1, 0.15) is 38.3 Å².